The van der Waals surface area contributed by atoms with Crippen LogP contribution >= 0.6 is 51.3 Å². The largest absolute Gasteiger partial charge is 0.457 e. The lowest BCUT2D eigenvalue weighted by molar-refractivity contribution is -0.122. The molecule has 1 saturated heterocycles. The molecule has 5 nitrogen and oxygen atoms in total. The minimum atomic E-state index is -0.602. The summed E-state index contributed by atoms with van der Waals surface area (Å²) >= 11 is 20.8. The van der Waals surface area contributed by atoms with E-state index in [0.29, 0.717) is 32.8 Å². The van der Waals surface area contributed by atoms with Gasteiger partial charge in [-0.2, -0.15) is 0 Å². The number of anilines is 1. The van der Waals surface area contributed by atoms with Gasteiger partial charge in [-0.15, -0.1) is 0 Å². The van der Waals surface area contributed by atoms with Gasteiger partial charge in [0.15, 0.2) is 5.11 Å². The Morgan fingerprint density at radius 1 is 1.07 bits per heavy atom. The molecular formula is C21H11BrCl2N2O3S. The van der Waals surface area contributed by atoms with Gasteiger partial charge in [-0.3, -0.25) is 19.8 Å². The van der Waals surface area contributed by atoms with Crippen molar-refractivity contribution in [2.75, 3.05) is 4.90 Å². The first kappa shape index (κ1) is 20.8. The zero-order valence-corrected chi connectivity index (χ0v) is 18.9. The summed E-state index contributed by atoms with van der Waals surface area (Å²) in [6, 6.07) is 15.4. The minimum absolute atomic E-state index is 0.00564. The highest BCUT2D eigenvalue weighted by Crippen LogP contribution is 2.32. The fourth-order valence-corrected chi connectivity index (χ4v) is 3.96. The van der Waals surface area contributed by atoms with Crippen LogP contribution in [0.5, 0.6) is 0 Å². The van der Waals surface area contributed by atoms with E-state index >= 15 is 0 Å². The van der Waals surface area contributed by atoms with E-state index in [1.807, 2.05) is 6.07 Å². The first-order chi connectivity index (χ1) is 14.3. The summed E-state index contributed by atoms with van der Waals surface area (Å²) < 4.78 is 6.55. The van der Waals surface area contributed by atoms with Crippen LogP contribution in [-0.2, 0) is 9.59 Å². The van der Waals surface area contributed by atoms with Crippen LogP contribution in [0, 0.1) is 0 Å². The third kappa shape index (κ3) is 4.06. The highest BCUT2D eigenvalue weighted by atomic mass is 79.9. The van der Waals surface area contributed by atoms with E-state index in [-0.39, 0.29) is 10.7 Å². The van der Waals surface area contributed by atoms with E-state index in [4.69, 9.17) is 39.8 Å². The fourth-order valence-electron chi connectivity index (χ4n) is 2.91. The maximum atomic E-state index is 13.1. The van der Waals surface area contributed by atoms with Crippen molar-refractivity contribution in [3.63, 3.8) is 0 Å². The van der Waals surface area contributed by atoms with Crippen molar-refractivity contribution in [2.24, 2.45) is 0 Å². The molecule has 2 amide bonds. The Morgan fingerprint density at radius 3 is 2.63 bits per heavy atom. The summed E-state index contributed by atoms with van der Waals surface area (Å²) in [4.78, 5) is 26.7. The van der Waals surface area contributed by atoms with E-state index in [9.17, 15) is 9.59 Å². The van der Waals surface area contributed by atoms with Crippen molar-refractivity contribution in [3.05, 3.63) is 80.4 Å². The van der Waals surface area contributed by atoms with Crippen molar-refractivity contribution < 1.29 is 14.0 Å². The van der Waals surface area contributed by atoms with Gasteiger partial charge in [-0.25, -0.2) is 0 Å². The van der Waals surface area contributed by atoms with Crippen molar-refractivity contribution in [2.45, 2.75) is 0 Å². The number of carbonyl (C=O) groups is 2. The average molecular weight is 522 g/mol. The number of nitrogens with zero attached hydrogens (tertiary/aromatic N) is 1. The van der Waals surface area contributed by atoms with Gasteiger partial charge in [0, 0.05) is 15.1 Å². The molecule has 0 spiro atoms. The third-order valence-corrected chi connectivity index (χ3v) is 5.62. The Bertz CT molecular complexity index is 1240. The first-order valence-electron chi connectivity index (χ1n) is 8.56. The lowest BCUT2D eigenvalue weighted by Crippen LogP contribution is -2.54. The molecule has 30 heavy (non-hydrogen) atoms. The highest BCUT2D eigenvalue weighted by Gasteiger charge is 2.34. The van der Waals surface area contributed by atoms with Gasteiger partial charge in [0.2, 0.25) is 0 Å². The predicted octanol–water partition coefficient (Wildman–Crippen LogP) is 5.85. The molecular weight excluding hydrogens is 511 g/mol. The van der Waals surface area contributed by atoms with E-state index in [0.717, 1.165) is 4.47 Å². The topological polar surface area (TPSA) is 62.6 Å². The second-order valence-electron chi connectivity index (χ2n) is 6.26. The van der Waals surface area contributed by atoms with Crippen LogP contribution in [0.15, 0.2) is 69.1 Å². The van der Waals surface area contributed by atoms with Gasteiger partial charge in [0.25, 0.3) is 11.8 Å². The van der Waals surface area contributed by atoms with Crippen LogP contribution in [0.4, 0.5) is 5.69 Å². The van der Waals surface area contributed by atoms with Crippen molar-refractivity contribution >= 4 is 80.0 Å². The molecule has 1 aliphatic heterocycles. The number of benzene rings is 2. The quantitative estimate of drug-likeness (QED) is 0.267. The normalized spacial score (nSPS) is 15.6. The van der Waals surface area contributed by atoms with Gasteiger partial charge in [-0.05, 0) is 66.8 Å². The summed E-state index contributed by atoms with van der Waals surface area (Å²) in [7, 11) is 0. The number of furan rings is 1. The number of rotatable bonds is 3. The van der Waals surface area contributed by atoms with Crippen LogP contribution in [0.3, 0.4) is 0 Å². The Kier molecular flexibility index (Phi) is 5.79. The molecule has 0 aliphatic carbocycles. The van der Waals surface area contributed by atoms with Gasteiger partial charge in [0.1, 0.15) is 17.1 Å². The van der Waals surface area contributed by atoms with Gasteiger partial charge in [-0.1, -0.05) is 45.2 Å². The van der Waals surface area contributed by atoms with E-state index in [1.165, 1.54) is 11.0 Å². The van der Waals surface area contributed by atoms with Crippen LogP contribution in [-0.4, -0.2) is 16.9 Å². The summed E-state index contributed by atoms with van der Waals surface area (Å²) in [6.45, 7) is 0. The van der Waals surface area contributed by atoms with E-state index < -0.39 is 11.8 Å². The molecule has 9 heteroatoms. The average Bonchev–Trinajstić information content (AvgIpc) is 3.15. The smallest absolute Gasteiger partial charge is 0.270 e. The monoisotopic (exact) mass is 520 g/mol. The Labute approximate surface area is 195 Å². The molecule has 0 radical (unpaired) electrons. The molecule has 0 atom stereocenters. The van der Waals surface area contributed by atoms with Gasteiger partial charge >= 0.3 is 0 Å². The van der Waals surface area contributed by atoms with Crippen molar-refractivity contribution in [3.8, 4) is 11.3 Å². The molecule has 1 aromatic heterocycles. The predicted molar refractivity (Wildman–Crippen MR) is 125 cm³/mol. The molecule has 1 fully saturated rings. The molecule has 2 aromatic carbocycles. The van der Waals surface area contributed by atoms with Gasteiger partial charge < -0.3 is 4.42 Å². The second kappa shape index (κ2) is 8.35. The number of hydrogen-bond acceptors (Lipinski definition) is 4. The molecule has 3 aromatic rings. The molecule has 0 bridgehead atoms. The Morgan fingerprint density at radius 2 is 1.87 bits per heavy atom. The first-order valence-corrected chi connectivity index (χ1v) is 10.5. The molecule has 150 valence electrons. The van der Waals surface area contributed by atoms with Crippen molar-refractivity contribution in [1.82, 2.24) is 5.32 Å². The molecule has 2 heterocycles. The maximum Gasteiger partial charge on any atom is 0.270 e. The summed E-state index contributed by atoms with van der Waals surface area (Å²) in [5.41, 5.74) is 1.02. The number of thiocarbonyl (C=S) groups is 1. The van der Waals surface area contributed by atoms with Crippen molar-refractivity contribution in [1.29, 1.82) is 0 Å². The lowest BCUT2D eigenvalue weighted by Gasteiger charge is -2.28. The second-order valence-corrected chi connectivity index (χ2v) is 8.41. The molecule has 0 unspecified atom stereocenters. The van der Waals surface area contributed by atoms with Gasteiger partial charge in [0.05, 0.1) is 10.7 Å². The number of nitrogens with one attached hydrogen (secondary N) is 1. The number of halogens is 3. The maximum absolute atomic E-state index is 13.1. The van der Waals surface area contributed by atoms with E-state index in [1.54, 1.807) is 48.5 Å². The lowest BCUT2D eigenvalue weighted by atomic mass is 10.1. The Balaban J connectivity index is 1.70. The van der Waals surface area contributed by atoms with Crippen LogP contribution < -0.4 is 10.2 Å². The minimum Gasteiger partial charge on any atom is -0.457 e. The zero-order valence-electron chi connectivity index (χ0n) is 15.0. The molecule has 4 rings (SSSR count). The van der Waals surface area contributed by atoms with Crippen LogP contribution in [0.25, 0.3) is 17.4 Å². The number of hydrogen-bond donors (Lipinski definition) is 1. The SMILES string of the molecule is O=C1NC(=S)N(c2cccc(Br)c2)C(=O)/C1=C/c1ccc(-c2cc(Cl)ccc2Cl)o1. The van der Waals surface area contributed by atoms with Crippen LogP contribution in [0.1, 0.15) is 5.76 Å². The highest BCUT2D eigenvalue weighted by molar-refractivity contribution is 9.10. The zero-order chi connectivity index (χ0) is 21.4. The standard InChI is InChI=1S/C21H11BrCl2N2O3S/c22-11-2-1-3-13(8-11)26-20(28)16(19(27)25-21(26)30)10-14-5-7-18(29-14)15-9-12(23)4-6-17(15)24/h1-10H,(H,25,27,30)/b16-10+. The molecule has 0 saturated carbocycles. The van der Waals surface area contributed by atoms with E-state index in [2.05, 4.69) is 21.2 Å². The van der Waals surface area contributed by atoms with Crippen LogP contribution in [0.2, 0.25) is 10.0 Å². The Hall–Kier alpha value is -2.45. The fraction of sp³-hybridized carbons (Fsp3) is 0. The third-order valence-electron chi connectivity index (χ3n) is 4.28. The molecule has 1 N–H and O–H groups in total. The number of carbonyl (C=O) groups excluding carboxylic acids is 2. The number of amides is 2. The molecule has 1 aliphatic rings. The summed E-state index contributed by atoms with van der Waals surface area (Å²) in [5.74, 6) is -0.394. The summed E-state index contributed by atoms with van der Waals surface area (Å²) in [6.07, 6.45) is 1.37. The summed E-state index contributed by atoms with van der Waals surface area (Å²) in [5, 5.41) is 3.51.